The van der Waals surface area contributed by atoms with Crippen molar-refractivity contribution in [2.45, 2.75) is 25.3 Å². The van der Waals surface area contributed by atoms with Crippen molar-refractivity contribution >= 4 is 11.6 Å². The van der Waals surface area contributed by atoms with Gasteiger partial charge in [0.2, 0.25) is 11.8 Å². The van der Waals surface area contributed by atoms with Gasteiger partial charge in [-0.2, -0.15) is 0 Å². The van der Waals surface area contributed by atoms with E-state index in [-0.39, 0.29) is 17.5 Å². The Hall–Kier alpha value is -3.13. The summed E-state index contributed by atoms with van der Waals surface area (Å²) in [6.45, 7) is 2.46. The molecule has 0 bridgehead atoms. The molecule has 8 nitrogen and oxygen atoms in total. The van der Waals surface area contributed by atoms with Gasteiger partial charge in [-0.15, -0.1) is 0 Å². The van der Waals surface area contributed by atoms with Gasteiger partial charge >= 0.3 is 0 Å². The molecule has 2 fully saturated rings. The van der Waals surface area contributed by atoms with Crippen LogP contribution in [0.25, 0.3) is 11.1 Å². The Labute approximate surface area is 181 Å². The number of nitrogens with two attached hydrogens (primary N) is 1. The van der Waals surface area contributed by atoms with Crippen LogP contribution in [0, 0.1) is 5.92 Å². The van der Waals surface area contributed by atoms with Crippen molar-refractivity contribution in [3.63, 3.8) is 0 Å². The normalized spacial score (nSPS) is 18.5. The van der Waals surface area contributed by atoms with E-state index in [1.807, 2.05) is 23.1 Å². The zero-order valence-corrected chi connectivity index (χ0v) is 17.8. The molecule has 1 saturated heterocycles. The maximum absolute atomic E-state index is 12.8. The summed E-state index contributed by atoms with van der Waals surface area (Å²) in [4.78, 5) is 36.3. The van der Waals surface area contributed by atoms with Crippen LogP contribution in [0.1, 0.15) is 19.3 Å². The van der Waals surface area contributed by atoms with Gasteiger partial charge < -0.3 is 25.3 Å². The predicted octanol–water partition coefficient (Wildman–Crippen LogP) is 1.78. The minimum absolute atomic E-state index is 0.0223. The fourth-order valence-electron chi connectivity index (χ4n) is 4.05. The molecule has 1 amide bonds. The van der Waals surface area contributed by atoms with Crippen LogP contribution in [0.15, 0.2) is 47.5 Å². The molecule has 2 aromatic rings. The molecule has 1 saturated carbocycles. The highest BCUT2D eigenvalue weighted by atomic mass is 16.5. The van der Waals surface area contributed by atoms with Crippen LogP contribution in [-0.4, -0.2) is 60.1 Å². The summed E-state index contributed by atoms with van der Waals surface area (Å²) < 4.78 is 5.24. The zero-order valence-electron chi connectivity index (χ0n) is 17.8. The Balaban J connectivity index is 1.61. The second kappa shape index (κ2) is 9.34. The van der Waals surface area contributed by atoms with Gasteiger partial charge in [0.05, 0.1) is 7.11 Å². The number of methoxy groups -OCH3 is 1. The maximum atomic E-state index is 12.8. The number of anilines is 1. The third-order valence-electron chi connectivity index (χ3n) is 5.93. The van der Waals surface area contributed by atoms with E-state index < -0.39 is 0 Å². The molecule has 1 atom stereocenters. The van der Waals surface area contributed by atoms with Crippen LogP contribution >= 0.6 is 0 Å². The molecule has 1 aliphatic carbocycles. The number of hydrogen-bond acceptors (Lipinski definition) is 6. The van der Waals surface area contributed by atoms with Crippen molar-refractivity contribution in [1.29, 1.82) is 0 Å². The van der Waals surface area contributed by atoms with Crippen LogP contribution in [-0.2, 0) is 4.79 Å². The number of hydrogen-bond donors (Lipinski definition) is 2. The summed E-state index contributed by atoms with van der Waals surface area (Å²) in [5.74, 6) is 1.10. The third-order valence-corrected chi connectivity index (χ3v) is 5.93. The molecule has 2 aromatic heterocycles. The minimum atomic E-state index is -0.113. The van der Waals surface area contributed by atoms with Gasteiger partial charge in [-0.05, 0) is 42.9 Å². The van der Waals surface area contributed by atoms with Crippen LogP contribution in [0.4, 0.5) is 5.69 Å². The lowest BCUT2D eigenvalue weighted by Gasteiger charge is -2.31. The average Bonchev–Trinajstić information content (AvgIpc) is 3.49. The molecule has 3 heterocycles. The number of amides is 1. The number of aromatic amines is 1. The van der Waals surface area contributed by atoms with Gasteiger partial charge in [-0.25, -0.2) is 4.98 Å². The largest absolute Gasteiger partial charge is 0.481 e. The van der Waals surface area contributed by atoms with Gasteiger partial charge in [0.15, 0.2) is 0 Å². The van der Waals surface area contributed by atoms with Gasteiger partial charge in [0, 0.05) is 62.3 Å². The number of likely N-dealkylation sites (tertiary alicyclic amines) is 1. The fraction of sp³-hybridized carbons (Fsp3) is 0.435. The van der Waals surface area contributed by atoms with E-state index in [1.165, 1.54) is 18.9 Å². The topological polar surface area (TPSA) is 105 Å². The SMILES string of the molecule is COc1cc(-c2c[nH]c(=O)c(N(CC3CC3)C3CCN(C(=O)C=CCN)C3)c2)ccn1. The number of H-pyrrole nitrogens is 1. The molecule has 0 aromatic carbocycles. The molecular weight excluding hydrogens is 394 g/mol. The summed E-state index contributed by atoms with van der Waals surface area (Å²) in [6.07, 6.45) is 9.83. The first-order valence-corrected chi connectivity index (χ1v) is 10.7. The van der Waals surface area contributed by atoms with Crippen molar-refractivity contribution in [3.05, 3.63) is 53.1 Å². The summed E-state index contributed by atoms with van der Waals surface area (Å²) >= 11 is 0. The molecule has 0 radical (unpaired) electrons. The van der Waals surface area contributed by atoms with Crippen molar-refractivity contribution in [2.24, 2.45) is 11.7 Å². The minimum Gasteiger partial charge on any atom is -0.481 e. The van der Waals surface area contributed by atoms with E-state index >= 15 is 0 Å². The predicted molar refractivity (Wildman–Crippen MR) is 120 cm³/mol. The molecule has 4 rings (SSSR count). The van der Waals surface area contributed by atoms with Crippen molar-refractivity contribution in [1.82, 2.24) is 14.9 Å². The van der Waals surface area contributed by atoms with E-state index in [1.54, 1.807) is 25.6 Å². The van der Waals surface area contributed by atoms with E-state index in [4.69, 9.17) is 10.5 Å². The van der Waals surface area contributed by atoms with Crippen LogP contribution in [0.3, 0.4) is 0 Å². The van der Waals surface area contributed by atoms with E-state index in [2.05, 4.69) is 14.9 Å². The Morgan fingerprint density at radius 1 is 1.35 bits per heavy atom. The Kier molecular flexibility index (Phi) is 6.36. The molecule has 1 unspecified atom stereocenters. The fourth-order valence-corrected chi connectivity index (χ4v) is 4.05. The quantitative estimate of drug-likeness (QED) is 0.627. The molecule has 8 heteroatoms. The van der Waals surface area contributed by atoms with Crippen molar-refractivity contribution in [2.75, 3.05) is 38.2 Å². The number of ether oxygens (including phenoxy) is 1. The molecule has 31 heavy (non-hydrogen) atoms. The van der Waals surface area contributed by atoms with Gasteiger partial charge in [-0.3, -0.25) is 9.59 Å². The standard InChI is InChI=1S/C23H29N5O3/c1-31-21-12-17(6-9-25-21)18-11-20(23(30)26-13-18)28(14-16-4-5-16)19-7-10-27(15-19)22(29)3-2-8-24/h2-3,6,9,11-13,16,19H,4-5,7-8,10,14-15,24H2,1H3,(H,26,30). The average molecular weight is 424 g/mol. The first kappa shape index (κ1) is 21.1. The van der Waals surface area contributed by atoms with Gasteiger partial charge in [0.1, 0.15) is 5.69 Å². The van der Waals surface area contributed by atoms with Crippen molar-refractivity contribution < 1.29 is 9.53 Å². The monoisotopic (exact) mass is 423 g/mol. The molecule has 0 spiro atoms. The first-order chi connectivity index (χ1) is 15.1. The van der Waals surface area contributed by atoms with Gasteiger partial charge in [-0.1, -0.05) is 6.08 Å². The number of rotatable bonds is 8. The summed E-state index contributed by atoms with van der Waals surface area (Å²) in [5.41, 5.74) is 7.83. The highest BCUT2D eigenvalue weighted by Gasteiger charge is 2.34. The number of nitrogens with zero attached hydrogens (tertiary/aromatic N) is 3. The van der Waals surface area contributed by atoms with Crippen molar-refractivity contribution in [3.8, 4) is 17.0 Å². The molecule has 1 aliphatic heterocycles. The first-order valence-electron chi connectivity index (χ1n) is 10.7. The Bertz CT molecular complexity index is 1010. The summed E-state index contributed by atoms with van der Waals surface area (Å²) in [7, 11) is 1.58. The summed E-state index contributed by atoms with van der Waals surface area (Å²) in [5, 5.41) is 0. The second-order valence-electron chi connectivity index (χ2n) is 8.15. The summed E-state index contributed by atoms with van der Waals surface area (Å²) in [6, 6.07) is 5.79. The highest BCUT2D eigenvalue weighted by molar-refractivity contribution is 5.88. The molecule has 2 aliphatic rings. The van der Waals surface area contributed by atoms with Crippen LogP contribution in [0.2, 0.25) is 0 Å². The van der Waals surface area contributed by atoms with Crippen LogP contribution in [0.5, 0.6) is 5.88 Å². The lowest BCUT2D eigenvalue weighted by molar-refractivity contribution is -0.125. The van der Waals surface area contributed by atoms with Crippen LogP contribution < -0.4 is 20.9 Å². The Morgan fingerprint density at radius 3 is 2.94 bits per heavy atom. The second-order valence-corrected chi connectivity index (χ2v) is 8.15. The number of aromatic nitrogens is 2. The Morgan fingerprint density at radius 2 is 2.19 bits per heavy atom. The third kappa shape index (κ3) is 4.96. The molecule has 3 N–H and O–H groups in total. The lowest BCUT2D eigenvalue weighted by atomic mass is 10.1. The maximum Gasteiger partial charge on any atom is 0.271 e. The number of carbonyl (C=O) groups excluding carboxylic acids is 1. The van der Waals surface area contributed by atoms with E-state index in [0.717, 1.165) is 24.1 Å². The highest BCUT2D eigenvalue weighted by Crippen LogP contribution is 2.34. The van der Waals surface area contributed by atoms with Gasteiger partial charge in [0.25, 0.3) is 5.56 Å². The molecule has 164 valence electrons. The lowest BCUT2D eigenvalue weighted by Crippen LogP contribution is -2.42. The zero-order chi connectivity index (χ0) is 21.8. The van der Waals surface area contributed by atoms with E-state index in [9.17, 15) is 9.59 Å². The molecular formula is C23H29N5O3. The smallest absolute Gasteiger partial charge is 0.271 e. The number of pyridine rings is 2. The number of nitrogens with one attached hydrogen (secondary N) is 1. The number of carbonyl (C=O) groups is 1. The van der Waals surface area contributed by atoms with E-state index in [0.29, 0.717) is 37.1 Å².